The molecule has 20 heavy (non-hydrogen) atoms. The largest absolute Gasteiger partial charge is 0.393 e. The van der Waals surface area contributed by atoms with Crippen molar-refractivity contribution in [2.45, 2.75) is 38.8 Å². The average molecular weight is 280 g/mol. The third-order valence-corrected chi connectivity index (χ3v) is 4.32. The molecule has 0 radical (unpaired) electrons. The maximum Gasteiger partial charge on any atom is 0.126 e. The van der Waals surface area contributed by atoms with Crippen LogP contribution in [0.1, 0.15) is 36.9 Å². The van der Waals surface area contributed by atoms with E-state index in [2.05, 4.69) is 11.8 Å². The van der Waals surface area contributed by atoms with Crippen LogP contribution in [0.3, 0.4) is 0 Å². The van der Waals surface area contributed by atoms with Crippen LogP contribution < -0.4 is 5.73 Å². The molecule has 0 saturated carbocycles. The second kappa shape index (κ2) is 6.66. The summed E-state index contributed by atoms with van der Waals surface area (Å²) < 4.78 is 13.5. The van der Waals surface area contributed by atoms with Crippen LogP contribution in [-0.2, 0) is 0 Å². The van der Waals surface area contributed by atoms with Crippen molar-refractivity contribution in [1.29, 1.82) is 0 Å². The van der Waals surface area contributed by atoms with Crippen molar-refractivity contribution in [2.24, 2.45) is 11.7 Å². The highest BCUT2D eigenvalue weighted by Crippen LogP contribution is 2.20. The van der Waals surface area contributed by atoms with Gasteiger partial charge in [-0.25, -0.2) is 4.39 Å². The van der Waals surface area contributed by atoms with E-state index in [0.29, 0.717) is 11.5 Å². The highest BCUT2D eigenvalue weighted by Gasteiger charge is 2.24. The maximum absolute atomic E-state index is 13.5. The molecule has 2 rings (SSSR count). The average Bonchev–Trinajstić information content (AvgIpc) is 2.43. The van der Waals surface area contributed by atoms with Crippen molar-refractivity contribution >= 4 is 0 Å². The minimum atomic E-state index is -0.187. The van der Waals surface area contributed by atoms with Gasteiger partial charge in [-0.05, 0) is 49.4 Å². The summed E-state index contributed by atoms with van der Waals surface area (Å²) in [5, 5.41) is 9.71. The topological polar surface area (TPSA) is 49.5 Å². The molecule has 0 amide bonds. The highest BCUT2D eigenvalue weighted by molar-refractivity contribution is 5.25. The van der Waals surface area contributed by atoms with E-state index >= 15 is 0 Å². The quantitative estimate of drug-likeness (QED) is 0.889. The summed E-state index contributed by atoms with van der Waals surface area (Å²) in [6.45, 7) is 6.56. The molecule has 0 spiro atoms. The van der Waals surface area contributed by atoms with Gasteiger partial charge in [0.25, 0.3) is 0 Å². The molecule has 1 aromatic rings. The van der Waals surface area contributed by atoms with Crippen molar-refractivity contribution in [2.75, 3.05) is 19.6 Å². The van der Waals surface area contributed by atoms with Crippen LogP contribution in [0.2, 0.25) is 0 Å². The molecule has 0 bridgehead atoms. The zero-order valence-corrected chi connectivity index (χ0v) is 12.3. The van der Waals surface area contributed by atoms with E-state index in [1.165, 1.54) is 0 Å². The van der Waals surface area contributed by atoms with E-state index in [-0.39, 0.29) is 18.0 Å². The van der Waals surface area contributed by atoms with Gasteiger partial charge < -0.3 is 15.7 Å². The van der Waals surface area contributed by atoms with Gasteiger partial charge in [-0.1, -0.05) is 19.1 Å². The molecule has 1 aliphatic rings. The van der Waals surface area contributed by atoms with Gasteiger partial charge in [-0.2, -0.15) is 0 Å². The lowest BCUT2D eigenvalue weighted by Crippen LogP contribution is -2.42. The molecule has 0 aliphatic carbocycles. The Morgan fingerprint density at radius 2 is 2.25 bits per heavy atom. The van der Waals surface area contributed by atoms with Gasteiger partial charge in [0.05, 0.1) is 6.10 Å². The molecular formula is C16H25FN2O. The molecule has 3 unspecified atom stereocenters. The van der Waals surface area contributed by atoms with Gasteiger partial charge in [0.15, 0.2) is 0 Å². The third kappa shape index (κ3) is 3.78. The molecule has 3 nitrogen and oxygen atoms in total. The van der Waals surface area contributed by atoms with Gasteiger partial charge in [-0.3, -0.25) is 0 Å². The Morgan fingerprint density at radius 1 is 1.50 bits per heavy atom. The van der Waals surface area contributed by atoms with E-state index < -0.39 is 0 Å². The van der Waals surface area contributed by atoms with Crippen molar-refractivity contribution in [3.05, 3.63) is 35.1 Å². The van der Waals surface area contributed by atoms with Crippen LogP contribution in [0.4, 0.5) is 4.39 Å². The van der Waals surface area contributed by atoms with Gasteiger partial charge in [-0.15, -0.1) is 0 Å². The summed E-state index contributed by atoms with van der Waals surface area (Å²) >= 11 is 0. The summed E-state index contributed by atoms with van der Waals surface area (Å²) in [6.07, 6.45) is 1.46. The minimum Gasteiger partial charge on any atom is -0.393 e. The number of hydrogen-bond donors (Lipinski definition) is 2. The van der Waals surface area contributed by atoms with Crippen LogP contribution in [0, 0.1) is 18.7 Å². The Labute approximate surface area is 120 Å². The van der Waals surface area contributed by atoms with Gasteiger partial charge >= 0.3 is 0 Å². The highest BCUT2D eigenvalue weighted by atomic mass is 19.1. The number of nitrogens with zero attached hydrogens (tertiary/aromatic N) is 1. The number of nitrogens with two attached hydrogens (primary N) is 1. The number of rotatable bonds is 4. The molecule has 112 valence electrons. The van der Waals surface area contributed by atoms with E-state index in [9.17, 15) is 9.50 Å². The second-order valence-electron chi connectivity index (χ2n) is 6.04. The molecule has 3 atom stereocenters. The van der Waals surface area contributed by atoms with Gasteiger partial charge in [0, 0.05) is 19.1 Å². The van der Waals surface area contributed by atoms with E-state index in [1.807, 2.05) is 6.07 Å². The normalized spacial score (nSPS) is 25.6. The Morgan fingerprint density at radius 3 is 2.90 bits per heavy atom. The van der Waals surface area contributed by atoms with Gasteiger partial charge in [0.2, 0.25) is 0 Å². The van der Waals surface area contributed by atoms with E-state index in [1.54, 1.807) is 19.1 Å². The standard InChI is InChI=1S/C16H25FN2O/c1-11-3-4-13(9-14(11)17)15(18)5-7-19-8-6-16(20)12(2)10-19/h3-4,9,12,15-16,20H,5-8,10,18H2,1-2H3. The Hall–Kier alpha value is -0.970. The molecule has 3 N–H and O–H groups in total. The van der Waals surface area contributed by atoms with Crippen molar-refractivity contribution < 1.29 is 9.50 Å². The fourth-order valence-corrected chi connectivity index (χ4v) is 2.75. The lowest BCUT2D eigenvalue weighted by molar-refractivity contribution is 0.0341. The molecule has 4 heteroatoms. The second-order valence-corrected chi connectivity index (χ2v) is 6.04. The van der Waals surface area contributed by atoms with Crippen LogP contribution in [0.15, 0.2) is 18.2 Å². The number of halogens is 1. The Kier molecular flexibility index (Phi) is 5.13. The van der Waals surface area contributed by atoms with Gasteiger partial charge in [0.1, 0.15) is 5.82 Å². The molecule has 1 aromatic carbocycles. The summed E-state index contributed by atoms with van der Waals surface area (Å²) in [7, 11) is 0. The third-order valence-electron chi connectivity index (χ3n) is 4.32. The molecule has 1 aliphatic heterocycles. The molecule has 1 saturated heterocycles. The van der Waals surface area contributed by atoms with Crippen molar-refractivity contribution in [3.8, 4) is 0 Å². The molecule has 1 heterocycles. The first-order chi connectivity index (χ1) is 9.47. The zero-order valence-electron chi connectivity index (χ0n) is 12.3. The summed E-state index contributed by atoms with van der Waals surface area (Å²) in [6, 6.07) is 5.10. The smallest absolute Gasteiger partial charge is 0.126 e. The van der Waals surface area contributed by atoms with Crippen LogP contribution in [0.5, 0.6) is 0 Å². The minimum absolute atomic E-state index is 0.132. The first-order valence-electron chi connectivity index (χ1n) is 7.39. The maximum atomic E-state index is 13.5. The Balaban J connectivity index is 1.85. The number of benzene rings is 1. The molecular weight excluding hydrogens is 255 g/mol. The first kappa shape index (κ1) is 15.4. The monoisotopic (exact) mass is 280 g/mol. The number of hydrogen-bond acceptors (Lipinski definition) is 3. The predicted octanol–water partition coefficient (Wildman–Crippen LogP) is 2.23. The summed E-state index contributed by atoms with van der Waals surface area (Å²) in [4.78, 5) is 2.34. The first-order valence-corrected chi connectivity index (χ1v) is 7.39. The lowest BCUT2D eigenvalue weighted by Gasteiger charge is -2.34. The van der Waals surface area contributed by atoms with Crippen molar-refractivity contribution in [3.63, 3.8) is 0 Å². The molecule has 0 aromatic heterocycles. The number of aliphatic hydroxyl groups excluding tert-OH is 1. The van der Waals surface area contributed by atoms with Crippen molar-refractivity contribution in [1.82, 2.24) is 4.90 Å². The fourth-order valence-electron chi connectivity index (χ4n) is 2.75. The number of aryl methyl sites for hydroxylation is 1. The summed E-state index contributed by atoms with van der Waals surface area (Å²) in [5.41, 5.74) is 7.66. The Bertz CT molecular complexity index is 452. The van der Waals surface area contributed by atoms with E-state index in [0.717, 1.165) is 38.0 Å². The number of likely N-dealkylation sites (tertiary alicyclic amines) is 1. The van der Waals surface area contributed by atoms with Crippen LogP contribution in [-0.4, -0.2) is 35.7 Å². The van der Waals surface area contributed by atoms with Crippen LogP contribution >= 0.6 is 0 Å². The lowest BCUT2D eigenvalue weighted by atomic mass is 9.96. The molecule has 1 fully saturated rings. The number of aliphatic hydroxyl groups is 1. The van der Waals surface area contributed by atoms with E-state index in [4.69, 9.17) is 5.73 Å². The SMILES string of the molecule is Cc1ccc(C(N)CCN2CCC(O)C(C)C2)cc1F. The predicted molar refractivity (Wildman–Crippen MR) is 78.9 cm³/mol. The fraction of sp³-hybridized carbons (Fsp3) is 0.625. The number of piperidine rings is 1. The van der Waals surface area contributed by atoms with Crippen LogP contribution in [0.25, 0.3) is 0 Å². The summed E-state index contributed by atoms with van der Waals surface area (Å²) in [5.74, 6) is 0.129. The zero-order chi connectivity index (χ0) is 14.7.